The summed E-state index contributed by atoms with van der Waals surface area (Å²) < 4.78 is 16.3. The molecule has 34 heavy (non-hydrogen) atoms. The number of hydrogen-bond donors (Lipinski definition) is 2. The maximum Gasteiger partial charge on any atom is 0.328 e. The molecule has 0 saturated heterocycles. The van der Waals surface area contributed by atoms with E-state index in [9.17, 15) is 14.4 Å². The summed E-state index contributed by atoms with van der Waals surface area (Å²) in [5.74, 6) is -0.830. The van der Waals surface area contributed by atoms with Crippen molar-refractivity contribution in [3.63, 3.8) is 0 Å². The van der Waals surface area contributed by atoms with Gasteiger partial charge in [-0.25, -0.2) is 4.79 Å². The number of H-pyrrole nitrogens is 1. The molecule has 9 heteroatoms. The standard InChI is InChI=1S/C25H21N3O6/c1-12(29)27-21(25(31)32-3)8-14-11-26-20-6-7-22-18(23(14)20)10-17-16-9-15(33-13(2)30)4-5-19(16)28-24(17)34-22/h4-7,9-11,21,28H,8H2,1-3H3,(H,27,29)/t21-/m0/s1. The number of methoxy groups -OCH3 is 1. The average molecular weight is 459 g/mol. The van der Waals surface area contributed by atoms with Crippen LogP contribution in [0.1, 0.15) is 19.4 Å². The summed E-state index contributed by atoms with van der Waals surface area (Å²) in [5, 5.41) is 5.92. The van der Waals surface area contributed by atoms with E-state index in [0.29, 0.717) is 17.0 Å². The predicted molar refractivity (Wildman–Crippen MR) is 126 cm³/mol. The number of ether oxygens (including phenoxy) is 2. The van der Waals surface area contributed by atoms with E-state index in [-0.39, 0.29) is 12.3 Å². The van der Waals surface area contributed by atoms with E-state index in [4.69, 9.17) is 13.9 Å². The van der Waals surface area contributed by atoms with Crippen molar-refractivity contribution in [2.45, 2.75) is 26.3 Å². The third-order valence-electron chi connectivity index (χ3n) is 5.69. The molecule has 0 saturated carbocycles. The molecule has 0 aliphatic carbocycles. The summed E-state index contributed by atoms with van der Waals surface area (Å²) in [6, 6.07) is 10.2. The SMILES string of the molecule is COC(=O)[C@H](Cc1cnc2ccc3oc4[nH]c5ccc(OC(C)=O)cc5c4cc3c12)NC(C)=O. The lowest BCUT2D eigenvalue weighted by atomic mass is 10.0. The Bertz CT molecular complexity index is 1610. The largest absolute Gasteiger partial charge is 0.467 e. The number of carbonyl (C=O) groups excluding carboxylic acids is 3. The molecule has 2 aromatic carbocycles. The van der Waals surface area contributed by atoms with Gasteiger partial charge in [0.05, 0.1) is 12.6 Å². The summed E-state index contributed by atoms with van der Waals surface area (Å²) in [7, 11) is 1.28. The highest BCUT2D eigenvalue weighted by atomic mass is 16.5. The Labute approximate surface area is 193 Å². The fourth-order valence-electron chi connectivity index (χ4n) is 4.31. The van der Waals surface area contributed by atoms with Crippen LogP contribution in [0.3, 0.4) is 0 Å². The topological polar surface area (TPSA) is 124 Å². The molecular formula is C25H21N3O6. The number of fused-ring (bicyclic) bond motifs is 6. The number of esters is 2. The highest BCUT2D eigenvalue weighted by Gasteiger charge is 2.23. The van der Waals surface area contributed by atoms with Crippen molar-refractivity contribution in [3.05, 3.63) is 48.2 Å². The van der Waals surface area contributed by atoms with Gasteiger partial charge in [0, 0.05) is 53.5 Å². The van der Waals surface area contributed by atoms with E-state index in [2.05, 4.69) is 15.3 Å². The second kappa shape index (κ2) is 8.18. The first-order valence-electron chi connectivity index (χ1n) is 10.6. The predicted octanol–water partition coefficient (Wildman–Crippen LogP) is 3.76. The molecule has 172 valence electrons. The van der Waals surface area contributed by atoms with Crippen molar-refractivity contribution in [2.75, 3.05) is 7.11 Å². The highest BCUT2D eigenvalue weighted by Crippen LogP contribution is 2.36. The molecule has 0 fully saturated rings. The molecule has 9 nitrogen and oxygen atoms in total. The number of aromatic nitrogens is 2. The van der Waals surface area contributed by atoms with Gasteiger partial charge in [0.15, 0.2) is 0 Å². The van der Waals surface area contributed by atoms with Crippen LogP contribution < -0.4 is 10.1 Å². The number of amides is 1. The first kappa shape index (κ1) is 21.4. The van der Waals surface area contributed by atoms with Crippen molar-refractivity contribution in [3.8, 4) is 5.75 Å². The van der Waals surface area contributed by atoms with Gasteiger partial charge in [0.2, 0.25) is 11.6 Å². The Kier molecular flexibility index (Phi) is 5.16. The molecule has 0 spiro atoms. The van der Waals surface area contributed by atoms with E-state index < -0.39 is 18.0 Å². The van der Waals surface area contributed by atoms with E-state index in [0.717, 1.165) is 38.1 Å². The molecule has 5 rings (SSSR count). The van der Waals surface area contributed by atoms with Gasteiger partial charge in [0.25, 0.3) is 0 Å². The monoisotopic (exact) mass is 459 g/mol. The minimum absolute atomic E-state index is 0.213. The maximum absolute atomic E-state index is 12.3. The molecule has 1 amide bonds. The smallest absolute Gasteiger partial charge is 0.328 e. The zero-order valence-corrected chi connectivity index (χ0v) is 18.7. The molecule has 0 bridgehead atoms. The van der Waals surface area contributed by atoms with Gasteiger partial charge in [-0.1, -0.05) is 0 Å². The normalized spacial score (nSPS) is 12.3. The first-order chi connectivity index (χ1) is 16.3. The molecule has 3 heterocycles. The minimum Gasteiger partial charge on any atom is -0.467 e. The van der Waals surface area contributed by atoms with E-state index >= 15 is 0 Å². The Morgan fingerprint density at radius 2 is 1.91 bits per heavy atom. The fraction of sp³-hybridized carbons (Fsp3) is 0.200. The quantitative estimate of drug-likeness (QED) is 0.303. The van der Waals surface area contributed by atoms with Crippen LogP contribution in [0.4, 0.5) is 0 Å². The molecule has 2 N–H and O–H groups in total. The molecule has 0 aliphatic heterocycles. The van der Waals surface area contributed by atoms with Crippen LogP contribution in [-0.4, -0.2) is 41.0 Å². The van der Waals surface area contributed by atoms with Crippen LogP contribution in [0, 0.1) is 0 Å². The molecule has 0 aliphatic rings. The Balaban J connectivity index is 1.70. The lowest BCUT2D eigenvalue weighted by Gasteiger charge is -2.15. The third kappa shape index (κ3) is 3.71. The van der Waals surface area contributed by atoms with E-state index in [1.807, 2.05) is 24.3 Å². The van der Waals surface area contributed by atoms with E-state index in [1.54, 1.807) is 18.3 Å². The number of carbonyl (C=O) groups is 3. The van der Waals surface area contributed by atoms with Gasteiger partial charge in [-0.3, -0.25) is 14.6 Å². The molecule has 5 aromatic rings. The van der Waals surface area contributed by atoms with Gasteiger partial charge in [0.1, 0.15) is 17.4 Å². The second-order valence-electron chi connectivity index (χ2n) is 8.05. The molecule has 0 radical (unpaired) electrons. The zero-order chi connectivity index (χ0) is 24.0. The Morgan fingerprint density at radius 3 is 2.65 bits per heavy atom. The third-order valence-corrected chi connectivity index (χ3v) is 5.69. The summed E-state index contributed by atoms with van der Waals surface area (Å²) >= 11 is 0. The maximum atomic E-state index is 12.3. The number of aromatic amines is 1. The minimum atomic E-state index is -0.842. The second-order valence-corrected chi connectivity index (χ2v) is 8.05. The Hall–Kier alpha value is -4.40. The van der Waals surface area contributed by atoms with Gasteiger partial charge < -0.3 is 24.2 Å². The van der Waals surface area contributed by atoms with Crippen molar-refractivity contribution in [1.29, 1.82) is 0 Å². The molecule has 3 aromatic heterocycles. The summed E-state index contributed by atoms with van der Waals surface area (Å²) in [6.45, 7) is 2.70. The van der Waals surface area contributed by atoms with Gasteiger partial charge in [-0.05, 0) is 42.0 Å². The van der Waals surface area contributed by atoms with Crippen molar-refractivity contribution < 1.29 is 28.3 Å². The van der Waals surface area contributed by atoms with Crippen LogP contribution >= 0.6 is 0 Å². The van der Waals surface area contributed by atoms with Gasteiger partial charge in [-0.15, -0.1) is 0 Å². The lowest BCUT2D eigenvalue weighted by Crippen LogP contribution is -2.41. The van der Waals surface area contributed by atoms with Crippen LogP contribution in [0.5, 0.6) is 5.75 Å². The summed E-state index contributed by atoms with van der Waals surface area (Å²) in [6.07, 6.45) is 1.91. The van der Waals surface area contributed by atoms with Crippen molar-refractivity contribution in [2.24, 2.45) is 0 Å². The number of hydrogen-bond acceptors (Lipinski definition) is 7. The van der Waals surface area contributed by atoms with Crippen LogP contribution in [-0.2, 0) is 25.5 Å². The van der Waals surface area contributed by atoms with Crippen LogP contribution in [0.25, 0.3) is 43.9 Å². The van der Waals surface area contributed by atoms with Crippen molar-refractivity contribution >= 4 is 61.7 Å². The molecular weight excluding hydrogens is 438 g/mol. The van der Waals surface area contributed by atoms with Crippen LogP contribution in [0.15, 0.2) is 47.0 Å². The Morgan fingerprint density at radius 1 is 1.09 bits per heavy atom. The van der Waals surface area contributed by atoms with Crippen LogP contribution in [0.2, 0.25) is 0 Å². The lowest BCUT2D eigenvalue weighted by molar-refractivity contribution is -0.144. The zero-order valence-electron chi connectivity index (χ0n) is 18.7. The van der Waals surface area contributed by atoms with Gasteiger partial charge in [-0.2, -0.15) is 0 Å². The number of rotatable bonds is 5. The van der Waals surface area contributed by atoms with Gasteiger partial charge >= 0.3 is 11.9 Å². The summed E-state index contributed by atoms with van der Waals surface area (Å²) in [5.41, 5.74) is 3.56. The number of benzene rings is 2. The van der Waals surface area contributed by atoms with Crippen molar-refractivity contribution in [1.82, 2.24) is 15.3 Å². The molecule has 0 unspecified atom stereocenters. The fourth-order valence-corrected chi connectivity index (χ4v) is 4.31. The number of nitrogens with zero attached hydrogens (tertiary/aromatic N) is 1. The summed E-state index contributed by atoms with van der Waals surface area (Å²) in [4.78, 5) is 43.0. The van der Waals surface area contributed by atoms with E-state index in [1.165, 1.54) is 21.0 Å². The molecule has 1 atom stereocenters. The first-order valence-corrected chi connectivity index (χ1v) is 10.6. The highest BCUT2D eigenvalue weighted by molar-refractivity contribution is 6.14. The number of nitrogens with one attached hydrogen (secondary N) is 2. The average Bonchev–Trinajstić information content (AvgIpc) is 3.36.